The van der Waals surface area contributed by atoms with E-state index in [1.165, 1.54) is 12.1 Å². The second kappa shape index (κ2) is 7.19. The standard InChI is InChI=1S/C20H17NO5/c1-25-17-10-12-7-8-13(9-14(12)11-18(17)26-2)19(22)21-16-6-4-3-5-15(16)20(23)24/h3,5,9-11H,7-8H2,1-2H3,(H,21,22)(H,23,24). The molecule has 6 nitrogen and oxygen atoms in total. The summed E-state index contributed by atoms with van der Waals surface area (Å²) in [5.41, 5.74) is 2.56. The molecule has 0 atom stereocenters. The van der Waals surface area contributed by atoms with Crippen molar-refractivity contribution in [2.75, 3.05) is 19.5 Å². The summed E-state index contributed by atoms with van der Waals surface area (Å²) in [4.78, 5) is 23.8. The molecule has 0 unspecified atom stereocenters. The number of hydrogen-bond donors (Lipinski definition) is 2. The molecule has 0 fully saturated rings. The van der Waals surface area contributed by atoms with Crippen LogP contribution in [0.25, 0.3) is 6.08 Å². The first kappa shape index (κ1) is 17.4. The molecule has 0 spiro atoms. The van der Waals surface area contributed by atoms with Gasteiger partial charge in [-0.15, -0.1) is 0 Å². The fraction of sp³-hybridized carbons (Fsp3) is 0.200. The predicted octanol–water partition coefficient (Wildman–Crippen LogP) is 2.97. The number of fused-ring (bicyclic) bond motifs is 1. The third-order valence-corrected chi connectivity index (χ3v) is 4.20. The molecule has 0 saturated carbocycles. The van der Waals surface area contributed by atoms with E-state index in [1.54, 1.807) is 20.3 Å². The van der Waals surface area contributed by atoms with Crippen LogP contribution in [0.5, 0.6) is 11.5 Å². The Balaban J connectivity index is 1.88. The number of ether oxygens (including phenoxy) is 2. The minimum Gasteiger partial charge on any atom is -0.493 e. The number of methoxy groups -OCH3 is 2. The molecule has 1 aliphatic carbocycles. The van der Waals surface area contributed by atoms with Crippen LogP contribution in [-0.4, -0.2) is 31.2 Å². The van der Waals surface area contributed by atoms with E-state index in [1.807, 2.05) is 12.1 Å². The van der Waals surface area contributed by atoms with Crippen molar-refractivity contribution < 1.29 is 24.2 Å². The van der Waals surface area contributed by atoms with Crippen molar-refractivity contribution in [2.24, 2.45) is 0 Å². The van der Waals surface area contributed by atoms with Gasteiger partial charge in [-0.1, -0.05) is 6.07 Å². The molecule has 1 amide bonds. The van der Waals surface area contributed by atoms with Crippen LogP contribution in [0.15, 0.2) is 29.8 Å². The molecule has 0 bridgehead atoms. The molecule has 1 aliphatic rings. The summed E-state index contributed by atoms with van der Waals surface area (Å²) in [6.07, 6.45) is 2.99. The number of aryl methyl sites for hydroxylation is 1. The van der Waals surface area contributed by atoms with Gasteiger partial charge >= 0.3 is 5.97 Å². The van der Waals surface area contributed by atoms with Gasteiger partial charge in [-0.05, 0) is 60.4 Å². The fourth-order valence-corrected chi connectivity index (χ4v) is 2.86. The zero-order valence-electron chi connectivity index (χ0n) is 14.4. The van der Waals surface area contributed by atoms with Crippen molar-refractivity contribution in [3.05, 3.63) is 58.7 Å². The molecule has 132 valence electrons. The lowest BCUT2D eigenvalue weighted by molar-refractivity contribution is -0.112. The Morgan fingerprint density at radius 1 is 1.15 bits per heavy atom. The average Bonchev–Trinajstić information content (AvgIpc) is 2.66. The molecule has 3 rings (SSSR count). The molecule has 0 saturated heterocycles. The smallest absolute Gasteiger partial charge is 0.338 e. The third-order valence-electron chi connectivity index (χ3n) is 4.20. The number of carboxylic acid groups (broad SMARTS) is 1. The molecule has 0 heterocycles. The van der Waals surface area contributed by atoms with Crippen molar-refractivity contribution in [3.8, 4) is 11.5 Å². The number of aromatic carboxylic acids is 1. The van der Waals surface area contributed by atoms with Crippen LogP contribution in [0.3, 0.4) is 0 Å². The van der Waals surface area contributed by atoms with Gasteiger partial charge in [0.2, 0.25) is 0 Å². The first-order chi connectivity index (χ1) is 12.5. The van der Waals surface area contributed by atoms with Crippen LogP contribution in [0.2, 0.25) is 0 Å². The van der Waals surface area contributed by atoms with E-state index in [9.17, 15) is 14.7 Å². The Morgan fingerprint density at radius 2 is 1.88 bits per heavy atom. The number of carbonyl (C=O) groups is 2. The quantitative estimate of drug-likeness (QED) is 0.865. The van der Waals surface area contributed by atoms with Gasteiger partial charge in [-0.2, -0.15) is 0 Å². The van der Waals surface area contributed by atoms with E-state index >= 15 is 0 Å². The van der Waals surface area contributed by atoms with Crippen LogP contribution in [0, 0.1) is 12.1 Å². The molecule has 6 heteroatoms. The molecule has 0 radical (unpaired) electrons. The van der Waals surface area contributed by atoms with Crippen LogP contribution in [-0.2, 0) is 11.2 Å². The number of anilines is 1. The topological polar surface area (TPSA) is 84.9 Å². The maximum Gasteiger partial charge on any atom is 0.338 e. The maximum atomic E-state index is 12.6. The second-order valence-electron chi connectivity index (χ2n) is 5.73. The number of rotatable bonds is 5. The van der Waals surface area contributed by atoms with Gasteiger partial charge in [0.25, 0.3) is 5.91 Å². The Bertz CT molecular complexity index is 901. The summed E-state index contributed by atoms with van der Waals surface area (Å²) in [6, 6.07) is 11.8. The molecule has 0 aliphatic heterocycles. The second-order valence-corrected chi connectivity index (χ2v) is 5.73. The highest BCUT2D eigenvalue weighted by Gasteiger charge is 2.20. The number of hydrogen-bond acceptors (Lipinski definition) is 4. The van der Waals surface area contributed by atoms with Gasteiger partial charge in [-0.25, -0.2) is 4.79 Å². The molecular formula is C20H17NO5. The molecule has 0 aromatic heterocycles. The van der Waals surface area contributed by atoms with E-state index in [0.717, 1.165) is 11.1 Å². The van der Waals surface area contributed by atoms with Gasteiger partial charge < -0.3 is 19.9 Å². The van der Waals surface area contributed by atoms with Crippen LogP contribution in [0.4, 0.5) is 5.69 Å². The average molecular weight is 351 g/mol. The van der Waals surface area contributed by atoms with Crippen molar-refractivity contribution in [2.45, 2.75) is 12.8 Å². The van der Waals surface area contributed by atoms with Gasteiger partial charge in [0.1, 0.15) is 5.69 Å². The predicted molar refractivity (Wildman–Crippen MR) is 95.5 cm³/mol. The maximum absolute atomic E-state index is 12.6. The Kier molecular flexibility index (Phi) is 4.81. The van der Waals surface area contributed by atoms with Crippen LogP contribution in [0.1, 0.15) is 27.9 Å². The molecular weight excluding hydrogens is 334 g/mol. The number of benzene rings is 1. The van der Waals surface area contributed by atoms with Crippen molar-refractivity contribution in [1.29, 1.82) is 0 Å². The summed E-state index contributed by atoms with van der Waals surface area (Å²) < 4.78 is 10.6. The fourth-order valence-electron chi connectivity index (χ4n) is 2.86. The highest BCUT2D eigenvalue weighted by molar-refractivity contribution is 6.09. The number of carboxylic acids is 1. The van der Waals surface area contributed by atoms with Crippen molar-refractivity contribution >= 4 is 23.6 Å². The first-order valence-electron chi connectivity index (χ1n) is 7.96. The lowest BCUT2D eigenvalue weighted by atomic mass is 9.91. The minimum atomic E-state index is -1.13. The van der Waals surface area contributed by atoms with Gasteiger partial charge in [-0.3, -0.25) is 4.79 Å². The van der Waals surface area contributed by atoms with E-state index in [0.29, 0.717) is 29.9 Å². The normalized spacial score (nSPS) is 12.3. The van der Waals surface area contributed by atoms with E-state index in [4.69, 9.17) is 9.47 Å². The summed E-state index contributed by atoms with van der Waals surface area (Å²) in [5, 5.41) is 11.8. The first-order valence-corrected chi connectivity index (χ1v) is 7.96. The SMILES string of the molecule is COc1cc2c(cc1OC)CCC(C(=O)Nc1c#cccc1C(=O)O)=C2. The van der Waals surface area contributed by atoms with E-state index < -0.39 is 5.97 Å². The summed E-state index contributed by atoms with van der Waals surface area (Å²) in [6.45, 7) is 0. The Labute approximate surface area is 151 Å². The molecule has 2 N–H and O–H groups in total. The minimum absolute atomic E-state index is 0.0275. The number of nitrogens with one attached hydrogen (secondary N) is 1. The van der Waals surface area contributed by atoms with Crippen molar-refractivity contribution in [1.82, 2.24) is 0 Å². The highest BCUT2D eigenvalue weighted by Crippen LogP contribution is 2.35. The zero-order chi connectivity index (χ0) is 18.7. The van der Waals surface area contributed by atoms with Crippen LogP contribution < -0.4 is 14.8 Å². The summed E-state index contributed by atoms with van der Waals surface area (Å²) in [7, 11) is 3.13. The summed E-state index contributed by atoms with van der Waals surface area (Å²) in [5.74, 6) is -0.259. The Hall–Kier alpha value is -3.46. The largest absolute Gasteiger partial charge is 0.493 e. The van der Waals surface area contributed by atoms with Crippen molar-refractivity contribution in [3.63, 3.8) is 0 Å². The van der Waals surface area contributed by atoms with Crippen LogP contribution >= 0.6 is 0 Å². The highest BCUT2D eigenvalue weighted by atomic mass is 16.5. The molecule has 26 heavy (non-hydrogen) atoms. The Morgan fingerprint density at radius 3 is 2.58 bits per heavy atom. The van der Waals surface area contributed by atoms with E-state index in [2.05, 4.69) is 17.4 Å². The monoisotopic (exact) mass is 351 g/mol. The molecule has 2 aromatic rings. The molecule has 2 aromatic carbocycles. The third kappa shape index (κ3) is 3.33. The van der Waals surface area contributed by atoms with Gasteiger partial charge in [0, 0.05) is 5.57 Å². The zero-order valence-corrected chi connectivity index (χ0v) is 14.4. The lowest BCUT2D eigenvalue weighted by Gasteiger charge is -2.19. The number of carbonyl (C=O) groups excluding carboxylic acids is 1. The summed E-state index contributed by atoms with van der Waals surface area (Å²) >= 11 is 0. The van der Waals surface area contributed by atoms with Gasteiger partial charge in [0.15, 0.2) is 11.5 Å². The lowest BCUT2D eigenvalue weighted by Crippen LogP contribution is -2.18. The van der Waals surface area contributed by atoms with Gasteiger partial charge in [0.05, 0.1) is 19.8 Å². The number of amides is 1. The van der Waals surface area contributed by atoms with E-state index in [-0.39, 0.29) is 17.2 Å².